The van der Waals surface area contributed by atoms with Gasteiger partial charge in [-0.15, -0.1) is 0 Å². The number of nitrogens with zero attached hydrogens (tertiary/aromatic N) is 1. The largest absolute Gasteiger partial charge is 0.335 e. The van der Waals surface area contributed by atoms with E-state index in [9.17, 15) is 0 Å². The number of hydrogen-bond donors (Lipinski definition) is 1. The molecule has 2 nitrogen and oxygen atoms in total. The number of anilines is 1. The second-order valence-corrected chi connectivity index (χ2v) is 6.90. The normalized spacial score (nSPS) is 25.8. The van der Waals surface area contributed by atoms with E-state index in [1.54, 1.807) is 0 Å². The van der Waals surface area contributed by atoms with Gasteiger partial charge in [0.15, 0.2) is 5.17 Å². The number of para-hydroxylation sites is 1. The molecule has 1 fully saturated rings. The van der Waals surface area contributed by atoms with E-state index >= 15 is 0 Å². The highest BCUT2D eigenvalue weighted by Gasteiger charge is 2.29. The van der Waals surface area contributed by atoms with E-state index in [1.165, 1.54) is 49.1 Å². The summed E-state index contributed by atoms with van der Waals surface area (Å²) in [5.41, 5.74) is 2.65. The zero-order valence-corrected chi connectivity index (χ0v) is 13.1. The van der Waals surface area contributed by atoms with Crippen LogP contribution in [0.1, 0.15) is 44.6 Å². The first-order valence-corrected chi connectivity index (χ1v) is 8.91. The summed E-state index contributed by atoms with van der Waals surface area (Å²) in [5, 5.41) is 4.72. The summed E-state index contributed by atoms with van der Waals surface area (Å²) in [6.45, 7) is 2.23. The lowest BCUT2D eigenvalue weighted by Gasteiger charge is -2.33. The van der Waals surface area contributed by atoms with Gasteiger partial charge in [-0.3, -0.25) is 4.99 Å². The summed E-state index contributed by atoms with van der Waals surface area (Å²) in [5.74, 6) is 2.07. The summed E-state index contributed by atoms with van der Waals surface area (Å²) < 4.78 is 0. The first-order valence-electron chi connectivity index (χ1n) is 7.92. The van der Waals surface area contributed by atoms with Gasteiger partial charge >= 0.3 is 0 Å². The molecule has 108 valence electrons. The van der Waals surface area contributed by atoms with Crippen LogP contribution in [0.2, 0.25) is 0 Å². The number of aryl methyl sites for hydroxylation is 1. The van der Waals surface area contributed by atoms with Crippen molar-refractivity contribution in [2.24, 2.45) is 10.9 Å². The van der Waals surface area contributed by atoms with E-state index in [0.29, 0.717) is 6.04 Å². The van der Waals surface area contributed by atoms with E-state index < -0.39 is 0 Å². The molecule has 1 aliphatic heterocycles. The van der Waals surface area contributed by atoms with Gasteiger partial charge in [0.1, 0.15) is 0 Å². The summed E-state index contributed by atoms with van der Waals surface area (Å²) in [4.78, 5) is 4.97. The molecule has 0 amide bonds. The first kappa shape index (κ1) is 14.0. The van der Waals surface area contributed by atoms with Gasteiger partial charge in [-0.05, 0) is 36.8 Å². The Labute approximate surface area is 126 Å². The number of aliphatic imine (C=N–C) groups is 1. The lowest BCUT2D eigenvalue weighted by Crippen LogP contribution is -2.31. The van der Waals surface area contributed by atoms with Gasteiger partial charge in [0.25, 0.3) is 0 Å². The van der Waals surface area contributed by atoms with Crippen LogP contribution < -0.4 is 5.32 Å². The van der Waals surface area contributed by atoms with Gasteiger partial charge in [0, 0.05) is 11.4 Å². The Hall–Kier alpha value is -0.960. The van der Waals surface area contributed by atoms with E-state index in [-0.39, 0.29) is 0 Å². The van der Waals surface area contributed by atoms with Gasteiger partial charge in [-0.2, -0.15) is 0 Å². The lowest BCUT2D eigenvalue weighted by atomic mass is 9.86. The number of benzene rings is 1. The van der Waals surface area contributed by atoms with Crippen molar-refractivity contribution in [3.05, 3.63) is 29.8 Å². The zero-order valence-electron chi connectivity index (χ0n) is 12.3. The molecule has 0 aromatic heterocycles. The van der Waals surface area contributed by atoms with Crippen molar-refractivity contribution in [1.29, 1.82) is 0 Å². The van der Waals surface area contributed by atoms with E-state index in [2.05, 4.69) is 36.5 Å². The van der Waals surface area contributed by atoms with Crippen LogP contribution in [0.25, 0.3) is 0 Å². The van der Waals surface area contributed by atoms with Gasteiger partial charge in [0.05, 0.1) is 6.04 Å². The molecular formula is C17H24N2S. The summed E-state index contributed by atoms with van der Waals surface area (Å²) in [7, 11) is 0. The fourth-order valence-corrected chi connectivity index (χ4v) is 4.39. The maximum atomic E-state index is 4.97. The Morgan fingerprint density at radius 1 is 1.25 bits per heavy atom. The van der Waals surface area contributed by atoms with Crippen LogP contribution in [0, 0.1) is 5.92 Å². The topological polar surface area (TPSA) is 24.4 Å². The van der Waals surface area contributed by atoms with Crippen LogP contribution in [-0.4, -0.2) is 17.0 Å². The number of rotatable bonds is 3. The molecule has 2 unspecified atom stereocenters. The van der Waals surface area contributed by atoms with Gasteiger partial charge in [-0.1, -0.05) is 56.1 Å². The molecule has 3 rings (SSSR count). The molecule has 1 N–H and O–H groups in total. The van der Waals surface area contributed by atoms with Crippen LogP contribution in [0.3, 0.4) is 0 Å². The van der Waals surface area contributed by atoms with Gasteiger partial charge in [0.2, 0.25) is 0 Å². The Balaban J connectivity index is 1.73. The van der Waals surface area contributed by atoms with Crippen LogP contribution in [0.4, 0.5) is 5.69 Å². The fraction of sp³-hybridized carbons (Fsp3) is 0.588. The Kier molecular flexibility index (Phi) is 4.66. The van der Waals surface area contributed by atoms with E-state index in [0.717, 1.165) is 17.5 Å². The number of hydrogen-bond acceptors (Lipinski definition) is 3. The van der Waals surface area contributed by atoms with Crippen LogP contribution in [0.15, 0.2) is 29.3 Å². The fourth-order valence-electron chi connectivity index (χ4n) is 3.24. The molecule has 0 bridgehead atoms. The molecule has 1 aromatic rings. The Bertz CT molecular complexity index is 484. The second-order valence-electron chi connectivity index (χ2n) is 5.89. The molecular weight excluding hydrogens is 264 g/mol. The maximum Gasteiger partial charge on any atom is 0.161 e. The summed E-state index contributed by atoms with van der Waals surface area (Å²) in [6, 6.07) is 9.22. The molecule has 1 aromatic carbocycles. The van der Waals surface area contributed by atoms with E-state index in [1.807, 2.05) is 11.8 Å². The average molecular weight is 288 g/mol. The SMILES string of the molecule is CCCc1ccccc1NC1=NC2CCCCC2CS1. The summed E-state index contributed by atoms with van der Waals surface area (Å²) >= 11 is 1.91. The van der Waals surface area contributed by atoms with Crippen molar-refractivity contribution in [3.63, 3.8) is 0 Å². The molecule has 0 spiro atoms. The zero-order chi connectivity index (χ0) is 13.8. The molecule has 1 saturated carbocycles. The molecule has 3 heteroatoms. The highest BCUT2D eigenvalue weighted by atomic mass is 32.2. The van der Waals surface area contributed by atoms with Crippen molar-refractivity contribution in [2.75, 3.05) is 11.1 Å². The number of thioether (sulfide) groups is 1. The minimum Gasteiger partial charge on any atom is -0.335 e. The van der Waals surface area contributed by atoms with Crippen molar-refractivity contribution < 1.29 is 0 Å². The third-order valence-corrected chi connectivity index (χ3v) is 5.44. The number of amidine groups is 1. The quantitative estimate of drug-likeness (QED) is 0.871. The van der Waals surface area contributed by atoms with Gasteiger partial charge in [-0.25, -0.2) is 0 Å². The maximum absolute atomic E-state index is 4.97. The second kappa shape index (κ2) is 6.66. The van der Waals surface area contributed by atoms with Crippen LogP contribution in [-0.2, 0) is 6.42 Å². The van der Waals surface area contributed by atoms with Crippen molar-refractivity contribution in [1.82, 2.24) is 0 Å². The van der Waals surface area contributed by atoms with E-state index in [4.69, 9.17) is 4.99 Å². The third kappa shape index (κ3) is 3.20. The molecule has 2 atom stereocenters. The van der Waals surface area contributed by atoms with Crippen LogP contribution >= 0.6 is 11.8 Å². The van der Waals surface area contributed by atoms with Crippen molar-refractivity contribution >= 4 is 22.6 Å². The molecule has 1 aliphatic carbocycles. The lowest BCUT2D eigenvalue weighted by molar-refractivity contribution is 0.336. The van der Waals surface area contributed by atoms with Crippen molar-refractivity contribution in [3.8, 4) is 0 Å². The van der Waals surface area contributed by atoms with Gasteiger partial charge < -0.3 is 5.32 Å². The molecule has 1 heterocycles. The predicted molar refractivity (Wildman–Crippen MR) is 89.7 cm³/mol. The monoisotopic (exact) mass is 288 g/mol. The standard InChI is InChI=1S/C17H24N2S/c1-2-7-13-8-3-5-10-15(13)18-17-19-16-11-6-4-9-14(16)12-20-17/h3,5,8,10,14,16H,2,4,6-7,9,11-12H2,1H3,(H,18,19). The molecule has 20 heavy (non-hydrogen) atoms. The first-order chi connectivity index (χ1) is 9.86. The van der Waals surface area contributed by atoms with Crippen LogP contribution in [0.5, 0.6) is 0 Å². The minimum atomic E-state index is 0.575. The minimum absolute atomic E-state index is 0.575. The molecule has 0 saturated heterocycles. The number of fused-ring (bicyclic) bond motifs is 1. The summed E-state index contributed by atoms with van der Waals surface area (Å²) in [6.07, 6.45) is 7.73. The highest BCUT2D eigenvalue weighted by Crippen LogP contribution is 2.34. The smallest absolute Gasteiger partial charge is 0.161 e. The predicted octanol–water partition coefficient (Wildman–Crippen LogP) is 4.71. The number of nitrogens with one attached hydrogen (secondary N) is 1. The highest BCUT2D eigenvalue weighted by molar-refractivity contribution is 8.14. The molecule has 2 aliphatic rings. The Morgan fingerprint density at radius 2 is 2.10 bits per heavy atom. The third-order valence-electron chi connectivity index (χ3n) is 4.36. The molecule has 0 radical (unpaired) electrons. The average Bonchev–Trinajstić information content (AvgIpc) is 2.49. The Morgan fingerprint density at radius 3 is 3.00 bits per heavy atom. The van der Waals surface area contributed by atoms with Crippen molar-refractivity contribution in [2.45, 2.75) is 51.5 Å².